The summed E-state index contributed by atoms with van der Waals surface area (Å²) in [5.41, 5.74) is 1.93. The molecule has 0 radical (unpaired) electrons. The van der Waals surface area contributed by atoms with E-state index in [9.17, 15) is 4.79 Å². The quantitative estimate of drug-likeness (QED) is 0.224. The van der Waals surface area contributed by atoms with Crippen molar-refractivity contribution >= 4 is 40.8 Å². The number of methoxy groups -OCH3 is 1. The van der Waals surface area contributed by atoms with Crippen LogP contribution in [0.3, 0.4) is 0 Å². The summed E-state index contributed by atoms with van der Waals surface area (Å²) in [5, 5.41) is 8.67. The molecule has 0 atom stereocenters. The van der Waals surface area contributed by atoms with Crippen LogP contribution in [0.5, 0.6) is 5.75 Å². The number of aromatic amines is 1. The molecule has 4 aromatic rings. The summed E-state index contributed by atoms with van der Waals surface area (Å²) < 4.78 is 11.3. The van der Waals surface area contributed by atoms with E-state index in [2.05, 4.69) is 53.3 Å². The normalized spacial score (nSPS) is 12.2. The van der Waals surface area contributed by atoms with Gasteiger partial charge in [0.2, 0.25) is 0 Å². The number of benzene rings is 2. The van der Waals surface area contributed by atoms with Gasteiger partial charge in [-0.05, 0) is 80.3 Å². The first-order chi connectivity index (χ1) is 17.7. The van der Waals surface area contributed by atoms with Crippen molar-refractivity contribution in [2.24, 2.45) is 10.8 Å². The molecule has 0 aliphatic heterocycles. The molecule has 0 spiro atoms. The van der Waals surface area contributed by atoms with Gasteiger partial charge in [-0.2, -0.15) is 5.10 Å². The maximum Gasteiger partial charge on any atom is 0.311 e. The molecule has 192 valence electrons. The van der Waals surface area contributed by atoms with E-state index in [-0.39, 0.29) is 11.4 Å². The molecule has 0 saturated heterocycles. The average molecular weight is 516 g/mol. The van der Waals surface area contributed by atoms with Crippen LogP contribution in [0.2, 0.25) is 0 Å². The number of aromatic nitrogens is 3. The zero-order valence-corrected chi connectivity index (χ0v) is 22.8. The number of para-hydroxylation sites is 1. The van der Waals surface area contributed by atoms with E-state index in [4.69, 9.17) is 9.47 Å². The number of hydrogen-bond acceptors (Lipinski definition) is 6. The lowest BCUT2D eigenvalue weighted by molar-refractivity contribution is -0.152. The molecule has 4 rings (SSSR count). The Morgan fingerprint density at radius 2 is 1.81 bits per heavy atom. The van der Waals surface area contributed by atoms with Crippen molar-refractivity contribution in [2.75, 3.05) is 13.7 Å². The van der Waals surface area contributed by atoms with Gasteiger partial charge in [0.15, 0.2) is 0 Å². The van der Waals surface area contributed by atoms with Crippen LogP contribution < -0.4 is 4.74 Å². The molecule has 0 saturated carbocycles. The summed E-state index contributed by atoms with van der Waals surface area (Å²) in [6.07, 6.45) is 6.35. The van der Waals surface area contributed by atoms with E-state index >= 15 is 0 Å². The highest BCUT2D eigenvalue weighted by Gasteiger charge is 2.36. The van der Waals surface area contributed by atoms with E-state index < -0.39 is 5.41 Å². The minimum absolute atomic E-state index is 0.207. The van der Waals surface area contributed by atoms with Crippen LogP contribution in [-0.2, 0) is 9.53 Å². The number of H-pyrrole nitrogens is 1. The van der Waals surface area contributed by atoms with Crippen LogP contribution in [0.1, 0.15) is 45.5 Å². The first-order valence-corrected chi connectivity index (χ1v) is 13.0. The van der Waals surface area contributed by atoms with Crippen LogP contribution in [0.4, 0.5) is 0 Å². The summed E-state index contributed by atoms with van der Waals surface area (Å²) >= 11 is 1.65. The number of nitrogens with one attached hydrogen (secondary N) is 1. The summed E-state index contributed by atoms with van der Waals surface area (Å²) in [7, 11) is 1.43. The number of carbonyl (C=O) groups excluding carboxylic acids is 1. The van der Waals surface area contributed by atoms with Gasteiger partial charge in [0, 0.05) is 16.5 Å². The van der Waals surface area contributed by atoms with Crippen LogP contribution in [0, 0.1) is 10.8 Å². The number of pyridine rings is 1. The van der Waals surface area contributed by atoms with Crippen molar-refractivity contribution in [3.05, 3.63) is 78.2 Å². The highest BCUT2D eigenvalue weighted by Crippen LogP contribution is 2.39. The molecule has 0 bridgehead atoms. The van der Waals surface area contributed by atoms with Crippen molar-refractivity contribution in [3.8, 4) is 5.75 Å². The van der Waals surface area contributed by atoms with Crippen molar-refractivity contribution in [1.82, 2.24) is 15.2 Å². The van der Waals surface area contributed by atoms with E-state index in [1.54, 1.807) is 18.0 Å². The molecular weight excluding hydrogens is 482 g/mol. The topological polar surface area (TPSA) is 77.1 Å². The fourth-order valence-electron chi connectivity index (χ4n) is 4.50. The smallest absolute Gasteiger partial charge is 0.311 e. The molecule has 2 aromatic heterocycles. The third-order valence-corrected chi connectivity index (χ3v) is 7.06. The van der Waals surface area contributed by atoms with Gasteiger partial charge in [0.25, 0.3) is 0 Å². The molecule has 1 N–H and O–H groups in total. The molecule has 0 aliphatic rings. The number of rotatable bonds is 10. The van der Waals surface area contributed by atoms with Crippen LogP contribution >= 0.6 is 11.8 Å². The third-order valence-electron chi connectivity index (χ3n) is 6.02. The summed E-state index contributed by atoms with van der Waals surface area (Å²) in [4.78, 5) is 18.6. The predicted molar refractivity (Wildman–Crippen MR) is 150 cm³/mol. The zero-order chi connectivity index (χ0) is 26.5. The molecular formula is C30H33N3O3S. The molecule has 2 heterocycles. The van der Waals surface area contributed by atoms with E-state index in [1.165, 1.54) is 7.11 Å². The largest absolute Gasteiger partial charge is 0.492 e. The Kier molecular flexibility index (Phi) is 8.03. The highest BCUT2D eigenvalue weighted by molar-refractivity contribution is 7.99. The number of carbonyl (C=O) groups is 1. The maximum absolute atomic E-state index is 12.2. The monoisotopic (exact) mass is 515 g/mol. The zero-order valence-electron chi connectivity index (χ0n) is 21.9. The van der Waals surface area contributed by atoms with Crippen LogP contribution in [-0.4, -0.2) is 34.9 Å². The second-order valence-corrected chi connectivity index (χ2v) is 11.6. The van der Waals surface area contributed by atoms with Crippen molar-refractivity contribution < 1.29 is 14.3 Å². The lowest BCUT2D eigenvalue weighted by atomic mass is 9.75. The third kappa shape index (κ3) is 6.80. The minimum Gasteiger partial charge on any atom is -0.492 e. The van der Waals surface area contributed by atoms with Gasteiger partial charge in [-0.15, -0.1) is 0 Å². The van der Waals surface area contributed by atoms with Crippen molar-refractivity contribution in [1.29, 1.82) is 0 Å². The molecule has 0 fully saturated rings. The molecule has 0 aliphatic carbocycles. The van der Waals surface area contributed by atoms with Crippen molar-refractivity contribution in [2.45, 2.75) is 43.9 Å². The first kappa shape index (κ1) is 26.5. The van der Waals surface area contributed by atoms with E-state index in [0.29, 0.717) is 13.0 Å². The fraction of sp³-hybridized carbons (Fsp3) is 0.300. The van der Waals surface area contributed by atoms with Gasteiger partial charge >= 0.3 is 5.97 Å². The molecule has 0 amide bonds. The summed E-state index contributed by atoms with van der Waals surface area (Å²) in [5.74, 6) is 0.612. The Morgan fingerprint density at radius 3 is 2.57 bits per heavy atom. The SMILES string of the molecule is COC(=O)C(C)(C)CC(C)(C)COc1ccccc1Sc1ccc2c(/C=C/c3ccccn3)n[nH]c2c1. The fourth-order valence-corrected chi connectivity index (χ4v) is 5.44. The summed E-state index contributed by atoms with van der Waals surface area (Å²) in [6.45, 7) is 8.53. The Bertz CT molecular complexity index is 1390. The molecule has 37 heavy (non-hydrogen) atoms. The highest BCUT2D eigenvalue weighted by atomic mass is 32.2. The predicted octanol–water partition coefficient (Wildman–Crippen LogP) is 7.27. The second-order valence-electron chi connectivity index (χ2n) is 10.5. The molecule has 6 nitrogen and oxygen atoms in total. The van der Waals surface area contributed by atoms with Gasteiger partial charge in [-0.25, -0.2) is 0 Å². The van der Waals surface area contributed by atoms with Crippen LogP contribution in [0.25, 0.3) is 23.1 Å². The van der Waals surface area contributed by atoms with Gasteiger partial charge in [-0.1, -0.05) is 43.8 Å². The lowest BCUT2D eigenvalue weighted by Gasteiger charge is -2.33. The summed E-state index contributed by atoms with van der Waals surface area (Å²) in [6, 6.07) is 20.1. The first-order valence-electron chi connectivity index (χ1n) is 12.2. The van der Waals surface area contributed by atoms with Gasteiger partial charge in [-0.3, -0.25) is 14.9 Å². The number of fused-ring (bicyclic) bond motifs is 1. The van der Waals surface area contributed by atoms with Gasteiger partial charge < -0.3 is 9.47 Å². The van der Waals surface area contributed by atoms with Crippen LogP contribution in [0.15, 0.2) is 76.7 Å². The average Bonchev–Trinajstić information content (AvgIpc) is 3.28. The van der Waals surface area contributed by atoms with Gasteiger partial charge in [0.1, 0.15) is 5.75 Å². The molecule has 0 unspecified atom stereocenters. The number of nitrogens with zero attached hydrogens (tertiary/aromatic N) is 2. The maximum atomic E-state index is 12.2. The Hall–Kier alpha value is -3.58. The van der Waals surface area contributed by atoms with E-state index in [0.717, 1.165) is 37.8 Å². The lowest BCUT2D eigenvalue weighted by Crippen LogP contribution is -2.34. The second kappa shape index (κ2) is 11.2. The minimum atomic E-state index is -0.582. The number of ether oxygens (including phenoxy) is 2. The Labute approximate surface area is 222 Å². The Balaban J connectivity index is 1.46. The number of hydrogen-bond donors (Lipinski definition) is 1. The Morgan fingerprint density at radius 1 is 1.03 bits per heavy atom. The van der Waals surface area contributed by atoms with Crippen molar-refractivity contribution in [3.63, 3.8) is 0 Å². The van der Waals surface area contributed by atoms with Gasteiger partial charge in [0.05, 0.1) is 40.9 Å². The number of esters is 1. The molecule has 2 aromatic carbocycles. The standard InChI is InChI=1S/C30H33N3O3S/c1-29(2,19-30(3,4)28(34)35-5)20-36-26-11-6-7-12-27(26)37-22-14-15-23-24(32-33-25(23)18-22)16-13-21-10-8-9-17-31-21/h6-18H,19-20H2,1-5H3,(H,32,33)/b16-13+. The van der Waals surface area contributed by atoms with E-state index in [1.807, 2.05) is 62.4 Å². The molecule has 7 heteroatoms.